The molecule has 0 heterocycles. The molecule has 0 aromatic rings. The highest BCUT2D eigenvalue weighted by Gasteiger charge is 2.33. The lowest BCUT2D eigenvalue weighted by Crippen LogP contribution is -2.43. The van der Waals surface area contributed by atoms with Crippen LogP contribution in [0.2, 0.25) is 0 Å². The zero-order valence-corrected chi connectivity index (χ0v) is 11.9. The number of aliphatic carboxylic acids is 1. The Bertz CT molecular complexity index is 303. The summed E-state index contributed by atoms with van der Waals surface area (Å²) in [7, 11) is 0.866. The van der Waals surface area contributed by atoms with Crippen molar-refractivity contribution in [2.24, 2.45) is 5.92 Å². The van der Waals surface area contributed by atoms with Crippen LogP contribution in [0.15, 0.2) is 0 Å². The summed E-state index contributed by atoms with van der Waals surface area (Å²) in [5.74, 6) is -0.897. The number of carboxylic acids is 1. The Morgan fingerprint density at radius 3 is 2.06 bits per heavy atom. The van der Waals surface area contributed by atoms with Crippen LogP contribution in [0.3, 0.4) is 0 Å². The van der Waals surface area contributed by atoms with Crippen LogP contribution >= 0.6 is 0 Å². The Labute approximate surface area is 106 Å². The van der Waals surface area contributed by atoms with Crippen LogP contribution in [0.25, 0.3) is 0 Å². The number of hydrogen-bond donors (Lipinski definition) is 1. The van der Waals surface area contributed by atoms with Gasteiger partial charge < -0.3 is 5.11 Å². The van der Waals surface area contributed by atoms with Gasteiger partial charge in [0, 0.05) is 13.1 Å². The van der Waals surface area contributed by atoms with E-state index in [1.807, 2.05) is 32.1 Å². The van der Waals surface area contributed by atoms with Crippen LogP contribution in [0, 0.1) is 5.92 Å². The lowest BCUT2D eigenvalue weighted by molar-refractivity contribution is -0.143. The van der Waals surface area contributed by atoms with Crippen molar-refractivity contribution < 1.29 is 14.1 Å². The lowest BCUT2D eigenvalue weighted by Gasteiger charge is -2.35. The first kappa shape index (κ1) is 14.6. The molecule has 1 aliphatic carbocycles. The van der Waals surface area contributed by atoms with Crippen molar-refractivity contribution in [3.8, 4) is 0 Å². The van der Waals surface area contributed by atoms with Gasteiger partial charge in [0.05, 0.1) is 21.7 Å². The van der Waals surface area contributed by atoms with Crippen LogP contribution in [0.1, 0.15) is 46.5 Å². The van der Waals surface area contributed by atoms with E-state index < -0.39 is 17.0 Å². The first-order valence-electron chi connectivity index (χ1n) is 6.11. The second-order valence-electron chi connectivity index (χ2n) is 5.75. The van der Waals surface area contributed by atoms with Crippen LogP contribution < -0.4 is 0 Å². The van der Waals surface area contributed by atoms with Gasteiger partial charge in [0.1, 0.15) is 0 Å². The maximum Gasteiger partial charge on any atom is 0.306 e. The second-order valence-corrected chi connectivity index (χ2v) is 8.05. The summed E-state index contributed by atoms with van der Waals surface area (Å²) < 4.78 is 13.9. The third-order valence-corrected chi connectivity index (χ3v) is 5.21. The highest BCUT2D eigenvalue weighted by atomic mass is 32.2. The normalized spacial score (nSPS) is 28.1. The van der Waals surface area contributed by atoms with Crippen molar-refractivity contribution in [2.45, 2.75) is 57.2 Å². The fraction of sp³-hybridized carbons (Fsp3) is 0.917. The van der Waals surface area contributed by atoms with E-state index in [1.54, 1.807) is 0 Å². The smallest absolute Gasteiger partial charge is 0.306 e. The Balaban J connectivity index is 2.54. The van der Waals surface area contributed by atoms with Gasteiger partial charge in [-0.2, -0.15) is 0 Å². The fourth-order valence-electron chi connectivity index (χ4n) is 2.25. The molecular weight excluding hydrogens is 238 g/mol. The van der Waals surface area contributed by atoms with E-state index in [2.05, 4.69) is 0 Å². The quantitative estimate of drug-likeness (QED) is 0.845. The zero-order chi connectivity index (χ0) is 13.2. The van der Waals surface area contributed by atoms with Crippen LogP contribution in [0.5, 0.6) is 0 Å². The molecule has 1 rings (SSSR count). The van der Waals surface area contributed by atoms with Gasteiger partial charge >= 0.3 is 5.97 Å². The van der Waals surface area contributed by atoms with Crippen molar-refractivity contribution >= 4 is 17.0 Å². The molecule has 0 saturated heterocycles. The van der Waals surface area contributed by atoms with Crippen LogP contribution in [-0.4, -0.2) is 37.4 Å². The standard InChI is InChI=1S/C12H23NO3S/c1-12(2,3)17(16)13(4)10-7-5-9(6-8-10)11(14)15/h9-10H,5-8H2,1-4H3,(H,14,15). The van der Waals surface area contributed by atoms with E-state index in [1.165, 1.54) is 0 Å². The van der Waals surface area contributed by atoms with E-state index in [0.29, 0.717) is 12.8 Å². The molecule has 1 aliphatic rings. The molecule has 100 valence electrons. The van der Waals surface area contributed by atoms with Crippen molar-refractivity contribution in [1.82, 2.24) is 4.31 Å². The summed E-state index contributed by atoms with van der Waals surface area (Å²) >= 11 is 0. The third-order valence-electron chi connectivity index (χ3n) is 3.35. The Morgan fingerprint density at radius 2 is 1.71 bits per heavy atom. The van der Waals surface area contributed by atoms with Gasteiger partial charge in [-0.3, -0.25) is 4.79 Å². The monoisotopic (exact) mass is 261 g/mol. The topological polar surface area (TPSA) is 57.6 Å². The predicted octanol–water partition coefficient (Wildman–Crippen LogP) is 2.02. The molecule has 0 aliphatic heterocycles. The summed E-state index contributed by atoms with van der Waals surface area (Å²) in [6.07, 6.45) is 3.06. The number of rotatable bonds is 3. The largest absolute Gasteiger partial charge is 0.481 e. The minimum atomic E-state index is -1.02. The van der Waals surface area contributed by atoms with E-state index in [-0.39, 0.29) is 16.7 Å². The molecule has 0 aromatic carbocycles. The Hall–Kier alpha value is -0.420. The lowest BCUT2D eigenvalue weighted by atomic mass is 9.86. The number of hydrogen-bond acceptors (Lipinski definition) is 2. The highest BCUT2D eigenvalue weighted by Crippen LogP contribution is 2.29. The molecule has 0 spiro atoms. The summed E-state index contributed by atoms with van der Waals surface area (Å²) in [6, 6.07) is 0.255. The minimum Gasteiger partial charge on any atom is -0.481 e. The van der Waals surface area contributed by atoms with Gasteiger partial charge in [0.2, 0.25) is 0 Å². The maximum absolute atomic E-state index is 12.2. The number of carbonyl (C=O) groups is 1. The molecule has 1 fully saturated rings. The summed E-state index contributed by atoms with van der Waals surface area (Å²) in [5.41, 5.74) is 0. The van der Waals surface area contributed by atoms with Crippen molar-refractivity contribution in [3.63, 3.8) is 0 Å². The molecule has 4 nitrogen and oxygen atoms in total. The second kappa shape index (κ2) is 5.48. The summed E-state index contributed by atoms with van der Waals surface area (Å²) in [5, 5.41) is 8.93. The van der Waals surface area contributed by atoms with Crippen LogP contribution in [-0.2, 0) is 15.8 Å². The molecule has 0 amide bonds. The van der Waals surface area contributed by atoms with E-state index in [4.69, 9.17) is 5.11 Å². The maximum atomic E-state index is 12.2. The van der Waals surface area contributed by atoms with Crippen LogP contribution in [0.4, 0.5) is 0 Å². The van der Waals surface area contributed by atoms with Gasteiger partial charge in [0.25, 0.3) is 0 Å². The van der Waals surface area contributed by atoms with Crippen molar-refractivity contribution in [3.05, 3.63) is 0 Å². The number of carboxylic acid groups (broad SMARTS) is 1. The first-order chi connectivity index (χ1) is 7.73. The zero-order valence-electron chi connectivity index (χ0n) is 11.1. The molecule has 5 heteroatoms. The van der Waals surface area contributed by atoms with Crippen molar-refractivity contribution in [1.29, 1.82) is 0 Å². The van der Waals surface area contributed by atoms with E-state index in [0.717, 1.165) is 12.8 Å². The van der Waals surface area contributed by atoms with E-state index in [9.17, 15) is 9.00 Å². The Kier molecular flexibility index (Phi) is 4.72. The van der Waals surface area contributed by atoms with Crippen molar-refractivity contribution in [2.75, 3.05) is 7.05 Å². The van der Waals surface area contributed by atoms with E-state index >= 15 is 0 Å². The molecule has 1 N–H and O–H groups in total. The first-order valence-corrected chi connectivity index (χ1v) is 7.21. The summed E-state index contributed by atoms with van der Waals surface area (Å²) in [6.45, 7) is 5.88. The third kappa shape index (κ3) is 3.78. The van der Waals surface area contributed by atoms with Gasteiger partial charge in [0.15, 0.2) is 0 Å². The van der Waals surface area contributed by atoms with Gasteiger partial charge in [-0.05, 0) is 46.5 Å². The Morgan fingerprint density at radius 1 is 1.24 bits per heavy atom. The summed E-state index contributed by atoms with van der Waals surface area (Å²) in [4.78, 5) is 10.9. The van der Waals surface area contributed by atoms with Gasteiger partial charge in [-0.15, -0.1) is 0 Å². The SMILES string of the molecule is CN(C1CCC(C(=O)O)CC1)S(=O)C(C)(C)C. The predicted molar refractivity (Wildman–Crippen MR) is 69.0 cm³/mol. The molecule has 1 atom stereocenters. The van der Waals surface area contributed by atoms with Gasteiger partial charge in [-0.1, -0.05) is 0 Å². The molecular formula is C12H23NO3S. The number of nitrogens with zero attached hydrogens (tertiary/aromatic N) is 1. The fourth-order valence-corrected chi connectivity index (χ4v) is 3.60. The molecule has 0 aromatic heterocycles. The molecule has 1 unspecified atom stereocenters. The minimum absolute atomic E-state index is 0.206. The molecule has 1 saturated carbocycles. The molecule has 0 radical (unpaired) electrons. The highest BCUT2D eigenvalue weighted by molar-refractivity contribution is 7.84. The average molecular weight is 261 g/mol. The average Bonchev–Trinajstić information content (AvgIpc) is 2.26. The molecule has 17 heavy (non-hydrogen) atoms. The van der Waals surface area contributed by atoms with Gasteiger partial charge in [-0.25, -0.2) is 8.51 Å². The molecule has 0 bridgehead atoms.